The van der Waals surface area contributed by atoms with E-state index in [1.807, 2.05) is 38.1 Å². The summed E-state index contributed by atoms with van der Waals surface area (Å²) >= 11 is 3.30. The maximum Gasteiger partial charge on any atom is 0.266 e. The molecule has 0 spiro atoms. The molecule has 128 valence electrons. The highest BCUT2D eigenvalue weighted by atomic mass is 79.9. The number of nitriles is 1. The molecule has 0 aliphatic heterocycles. The van der Waals surface area contributed by atoms with Gasteiger partial charge in [-0.15, -0.1) is 0 Å². The molecule has 0 saturated heterocycles. The molecule has 0 aromatic heterocycles. The maximum atomic E-state index is 12.4. The Balaban J connectivity index is 2.38. The van der Waals surface area contributed by atoms with Crippen LogP contribution in [0.3, 0.4) is 0 Å². The van der Waals surface area contributed by atoms with Gasteiger partial charge in [0.1, 0.15) is 11.6 Å². The number of amides is 1. The predicted molar refractivity (Wildman–Crippen MR) is 100 cm³/mol. The number of halogens is 1. The molecule has 25 heavy (non-hydrogen) atoms. The summed E-state index contributed by atoms with van der Waals surface area (Å²) in [6.45, 7) is 3.79. The number of benzene rings is 2. The van der Waals surface area contributed by atoms with Crippen molar-refractivity contribution >= 4 is 33.6 Å². The Morgan fingerprint density at radius 3 is 2.68 bits per heavy atom. The van der Waals surface area contributed by atoms with E-state index in [0.29, 0.717) is 15.7 Å². The van der Waals surface area contributed by atoms with Gasteiger partial charge in [0.05, 0.1) is 7.11 Å². The van der Waals surface area contributed by atoms with Crippen molar-refractivity contribution in [1.82, 2.24) is 0 Å². The third kappa shape index (κ3) is 4.40. The highest BCUT2D eigenvalue weighted by molar-refractivity contribution is 9.10. The molecule has 0 bridgehead atoms. The molecule has 6 heteroatoms. The first kappa shape index (κ1) is 18.6. The van der Waals surface area contributed by atoms with E-state index in [4.69, 9.17) is 4.74 Å². The van der Waals surface area contributed by atoms with E-state index in [1.54, 1.807) is 12.1 Å². The first-order valence-corrected chi connectivity index (χ1v) is 8.22. The molecule has 0 atom stereocenters. The number of methoxy groups -OCH3 is 1. The van der Waals surface area contributed by atoms with Crippen LogP contribution in [-0.2, 0) is 4.79 Å². The number of hydrogen-bond donors (Lipinski definition) is 2. The van der Waals surface area contributed by atoms with Crippen molar-refractivity contribution in [3.8, 4) is 17.6 Å². The van der Waals surface area contributed by atoms with Gasteiger partial charge < -0.3 is 15.2 Å². The molecular formula is C19H17BrN2O3. The number of carbonyl (C=O) groups is 1. The molecule has 2 aromatic carbocycles. The molecular weight excluding hydrogens is 384 g/mol. The van der Waals surface area contributed by atoms with Gasteiger partial charge in [-0.2, -0.15) is 5.26 Å². The first-order chi connectivity index (χ1) is 11.8. The van der Waals surface area contributed by atoms with E-state index in [1.165, 1.54) is 13.2 Å². The van der Waals surface area contributed by atoms with Crippen molar-refractivity contribution < 1.29 is 14.6 Å². The third-order valence-corrected chi connectivity index (χ3v) is 4.05. The lowest BCUT2D eigenvalue weighted by Gasteiger charge is -2.10. The Labute approximate surface area is 154 Å². The van der Waals surface area contributed by atoms with E-state index in [2.05, 4.69) is 21.2 Å². The summed E-state index contributed by atoms with van der Waals surface area (Å²) in [5, 5.41) is 22.3. The number of phenols is 1. The Hall–Kier alpha value is -2.78. The summed E-state index contributed by atoms with van der Waals surface area (Å²) in [4.78, 5) is 12.4. The van der Waals surface area contributed by atoms with Crippen LogP contribution in [0.25, 0.3) is 6.08 Å². The minimum absolute atomic E-state index is 0.128. The largest absolute Gasteiger partial charge is 0.504 e. The van der Waals surface area contributed by atoms with Crippen LogP contribution in [0.1, 0.15) is 16.7 Å². The van der Waals surface area contributed by atoms with Gasteiger partial charge in [-0.25, -0.2) is 0 Å². The molecule has 2 aromatic rings. The van der Waals surface area contributed by atoms with Gasteiger partial charge in [-0.1, -0.05) is 28.1 Å². The van der Waals surface area contributed by atoms with Crippen LogP contribution in [0.15, 0.2) is 40.4 Å². The standard InChI is InChI=1S/C19H17BrN2O3/c1-11-4-5-12(2)16(6-11)22-19(24)14(10-21)7-13-8-15(20)9-17(25-3)18(13)23/h4-9,23H,1-3H3,(H,22,24)/b14-7-. The number of carbonyl (C=O) groups excluding carboxylic acids is 1. The van der Waals surface area contributed by atoms with Crippen LogP contribution in [0.2, 0.25) is 0 Å². The van der Waals surface area contributed by atoms with E-state index < -0.39 is 5.91 Å². The van der Waals surface area contributed by atoms with E-state index >= 15 is 0 Å². The number of rotatable bonds is 4. The molecule has 0 unspecified atom stereocenters. The normalized spacial score (nSPS) is 10.9. The van der Waals surface area contributed by atoms with Crippen molar-refractivity contribution in [1.29, 1.82) is 5.26 Å². The lowest BCUT2D eigenvalue weighted by Crippen LogP contribution is -2.14. The van der Waals surface area contributed by atoms with Crippen LogP contribution >= 0.6 is 15.9 Å². The summed E-state index contributed by atoms with van der Waals surface area (Å²) in [5.41, 5.74) is 2.71. The highest BCUT2D eigenvalue weighted by Crippen LogP contribution is 2.35. The SMILES string of the molecule is COc1cc(Br)cc(/C=C(/C#N)C(=O)Nc2cc(C)ccc2C)c1O. The fourth-order valence-corrected chi connectivity index (χ4v) is 2.68. The minimum atomic E-state index is -0.547. The third-order valence-electron chi connectivity index (χ3n) is 3.60. The zero-order valence-corrected chi connectivity index (χ0v) is 15.6. The van der Waals surface area contributed by atoms with Crippen LogP contribution < -0.4 is 10.1 Å². The quantitative estimate of drug-likeness (QED) is 0.590. The zero-order valence-electron chi connectivity index (χ0n) is 14.1. The number of phenolic OH excluding ortho intramolecular Hbond substituents is 1. The van der Waals surface area contributed by atoms with Gasteiger partial charge in [0.15, 0.2) is 11.5 Å². The van der Waals surface area contributed by atoms with E-state index in [9.17, 15) is 15.2 Å². The average molecular weight is 401 g/mol. The van der Waals surface area contributed by atoms with Crippen molar-refractivity contribution in [2.75, 3.05) is 12.4 Å². The topological polar surface area (TPSA) is 82.3 Å². The van der Waals surface area contributed by atoms with Gasteiger partial charge in [-0.3, -0.25) is 4.79 Å². The maximum absolute atomic E-state index is 12.4. The number of nitrogens with one attached hydrogen (secondary N) is 1. The second-order valence-corrected chi connectivity index (χ2v) is 6.40. The Kier molecular flexibility index (Phi) is 5.84. The molecule has 0 radical (unpaired) electrons. The number of anilines is 1. The van der Waals surface area contributed by atoms with Crippen molar-refractivity contribution in [3.05, 3.63) is 57.1 Å². The summed E-state index contributed by atoms with van der Waals surface area (Å²) in [7, 11) is 1.42. The Morgan fingerprint density at radius 1 is 1.32 bits per heavy atom. The number of ether oxygens (including phenoxy) is 1. The van der Waals surface area contributed by atoms with Crippen LogP contribution in [-0.4, -0.2) is 18.1 Å². The lowest BCUT2D eigenvalue weighted by atomic mass is 10.1. The van der Waals surface area contributed by atoms with Crippen molar-refractivity contribution in [3.63, 3.8) is 0 Å². The summed E-state index contributed by atoms with van der Waals surface area (Å²) in [6, 6.07) is 10.7. The van der Waals surface area contributed by atoms with E-state index in [-0.39, 0.29) is 17.1 Å². The molecule has 0 aliphatic carbocycles. The van der Waals surface area contributed by atoms with Gasteiger partial charge in [0.25, 0.3) is 5.91 Å². The van der Waals surface area contributed by atoms with Gasteiger partial charge in [0.2, 0.25) is 0 Å². The highest BCUT2D eigenvalue weighted by Gasteiger charge is 2.14. The average Bonchev–Trinajstić information content (AvgIpc) is 2.58. The molecule has 2 rings (SSSR count). The number of hydrogen-bond acceptors (Lipinski definition) is 4. The summed E-state index contributed by atoms with van der Waals surface area (Å²) in [5.74, 6) is -0.444. The molecule has 0 saturated carbocycles. The van der Waals surface area contributed by atoms with Crippen LogP contribution in [0, 0.1) is 25.2 Å². The molecule has 0 aliphatic rings. The molecule has 1 amide bonds. The number of nitrogens with zero attached hydrogens (tertiary/aromatic N) is 1. The van der Waals surface area contributed by atoms with Gasteiger partial charge in [0, 0.05) is 15.7 Å². The second kappa shape index (κ2) is 7.86. The van der Waals surface area contributed by atoms with Gasteiger partial charge in [-0.05, 0) is 49.2 Å². The van der Waals surface area contributed by atoms with Crippen molar-refractivity contribution in [2.24, 2.45) is 0 Å². The second-order valence-electron chi connectivity index (χ2n) is 5.49. The Bertz CT molecular complexity index is 898. The smallest absolute Gasteiger partial charge is 0.266 e. The zero-order chi connectivity index (χ0) is 18.6. The summed E-state index contributed by atoms with van der Waals surface area (Å²) in [6.07, 6.45) is 1.32. The van der Waals surface area contributed by atoms with Gasteiger partial charge >= 0.3 is 0 Å². The fraction of sp³-hybridized carbons (Fsp3) is 0.158. The fourth-order valence-electron chi connectivity index (χ4n) is 2.22. The summed E-state index contributed by atoms with van der Waals surface area (Å²) < 4.78 is 5.73. The van der Waals surface area contributed by atoms with Crippen molar-refractivity contribution in [2.45, 2.75) is 13.8 Å². The minimum Gasteiger partial charge on any atom is -0.504 e. The Morgan fingerprint density at radius 2 is 2.04 bits per heavy atom. The first-order valence-electron chi connectivity index (χ1n) is 7.42. The van der Waals surface area contributed by atoms with E-state index in [0.717, 1.165) is 11.1 Å². The number of aromatic hydroxyl groups is 1. The van der Waals surface area contributed by atoms with Crippen LogP contribution in [0.4, 0.5) is 5.69 Å². The predicted octanol–water partition coefficient (Wildman–Crippen LogP) is 4.33. The lowest BCUT2D eigenvalue weighted by molar-refractivity contribution is -0.112. The molecule has 0 heterocycles. The van der Waals surface area contributed by atoms with Crippen LogP contribution in [0.5, 0.6) is 11.5 Å². The molecule has 5 nitrogen and oxygen atoms in total. The molecule has 2 N–H and O–H groups in total. The number of aryl methyl sites for hydroxylation is 2. The molecule has 0 fully saturated rings. The monoisotopic (exact) mass is 400 g/mol.